The van der Waals surface area contributed by atoms with E-state index in [-0.39, 0.29) is 23.1 Å². The molecule has 0 aromatic heterocycles. The second kappa shape index (κ2) is 5.02. The van der Waals surface area contributed by atoms with Crippen molar-refractivity contribution in [3.05, 3.63) is 23.8 Å². The fraction of sp³-hybridized carbons (Fsp3) is 0.600. The van der Waals surface area contributed by atoms with E-state index in [1.54, 1.807) is 12.1 Å². The van der Waals surface area contributed by atoms with Gasteiger partial charge in [0.2, 0.25) is 0 Å². The van der Waals surface area contributed by atoms with Crippen molar-refractivity contribution in [2.75, 3.05) is 26.7 Å². The second-order valence-electron chi connectivity index (χ2n) is 6.16. The number of benzene rings is 1. The Morgan fingerprint density at radius 1 is 1.11 bits per heavy atom. The molecule has 1 saturated heterocycles. The number of nitrogens with zero attached hydrogens (tertiary/aromatic N) is 2. The lowest BCUT2D eigenvalue weighted by molar-refractivity contribution is 0.0201. The minimum Gasteiger partial charge on any atom is -0.508 e. The molecule has 106 valence electrons. The van der Waals surface area contributed by atoms with Gasteiger partial charge in [-0.3, -0.25) is 9.80 Å². The van der Waals surface area contributed by atoms with Crippen molar-refractivity contribution in [2.24, 2.45) is 0 Å². The van der Waals surface area contributed by atoms with Crippen molar-refractivity contribution < 1.29 is 10.2 Å². The smallest absolute Gasteiger partial charge is 0.119 e. The quantitative estimate of drug-likeness (QED) is 0.859. The van der Waals surface area contributed by atoms with Crippen LogP contribution in [0.1, 0.15) is 32.4 Å². The summed E-state index contributed by atoms with van der Waals surface area (Å²) in [6, 6.07) is 5.02. The summed E-state index contributed by atoms with van der Waals surface area (Å²) in [6.07, 6.45) is 0. The Kier molecular flexibility index (Phi) is 3.74. The van der Waals surface area contributed by atoms with Gasteiger partial charge in [0.15, 0.2) is 0 Å². The molecule has 1 aliphatic heterocycles. The summed E-state index contributed by atoms with van der Waals surface area (Å²) < 4.78 is 0. The van der Waals surface area contributed by atoms with Gasteiger partial charge in [-0.25, -0.2) is 0 Å². The van der Waals surface area contributed by atoms with Crippen molar-refractivity contribution in [3.8, 4) is 11.5 Å². The van der Waals surface area contributed by atoms with Gasteiger partial charge in [0.1, 0.15) is 11.5 Å². The van der Waals surface area contributed by atoms with Crippen LogP contribution in [0.25, 0.3) is 0 Å². The third-order valence-corrected chi connectivity index (χ3v) is 4.30. The summed E-state index contributed by atoms with van der Waals surface area (Å²) in [5.41, 5.74) is 1.10. The van der Waals surface area contributed by atoms with Crippen LogP contribution in [0, 0.1) is 0 Å². The zero-order valence-electron chi connectivity index (χ0n) is 12.2. The first-order chi connectivity index (χ1) is 8.79. The number of rotatable bonds is 2. The van der Waals surface area contributed by atoms with E-state index < -0.39 is 0 Å². The Morgan fingerprint density at radius 3 is 2.21 bits per heavy atom. The van der Waals surface area contributed by atoms with Crippen molar-refractivity contribution in [1.82, 2.24) is 9.80 Å². The fourth-order valence-corrected chi connectivity index (χ4v) is 2.68. The molecule has 4 nitrogen and oxygen atoms in total. The molecule has 2 rings (SSSR count). The van der Waals surface area contributed by atoms with Crippen LogP contribution in [0.4, 0.5) is 0 Å². The molecule has 1 aliphatic rings. The Hall–Kier alpha value is -1.26. The summed E-state index contributed by atoms with van der Waals surface area (Å²) >= 11 is 0. The number of piperazine rings is 1. The normalized spacial score (nSPS) is 22.3. The molecule has 0 saturated carbocycles. The van der Waals surface area contributed by atoms with Gasteiger partial charge >= 0.3 is 0 Å². The molecule has 1 heterocycles. The van der Waals surface area contributed by atoms with Crippen LogP contribution in [0.2, 0.25) is 0 Å². The van der Waals surface area contributed by atoms with E-state index in [4.69, 9.17) is 0 Å². The average molecular weight is 264 g/mol. The second-order valence-corrected chi connectivity index (χ2v) is 6.16. The van der Waals surface area contributed by atoms with E-state index in [9.17, 15) is 10.2 Å². The van der Waals surface area contributed by atoms with Gasteiger partial charge in [-0.1, -0.05) is 0 Å². The molecule has 19 heavy (non-hydrogen) atoms. The molecular weight excluding hydrogens is 240 g/mol. The van der Waals surface area contributed by atoms with Crippen LogP contribution in [0.15, 0.2) is 18.2 Å². The van der Waals surface area contributed by atoms with Gasteiger partial charge in [-0.15, -0.1) is 0 Å². The summed E-state index contributed by atoms with van der Waals surface area (Å²) in [4.78, 5) is 4.77. The standard InChI is InChI=1S/C15H24N2O2/c1-11(12-7-13(18)9-14(19)8-12)17-6-5-16(4)15(2,3)10-17/h7-9,11,18-19H,5-6,10H2,1-4H3. The van der Waals surface area contributed by atoms with Crippen molar-refractivity contribution in [1.29, 1.82) is 0 Å². The Balaban J connectivity index is 2.18. The van der Waals surface area contributed by atoms with Crippen LogP contribution < -0.4 is 0 Å². The first-order valence-corrected chi connectivity index (χ1v) is 6.78. The molecule has 0 spiro atoms. The largest absolute Gasteiger partial charge is 0.508 e. The lowest BCUT2D eigenvalue weighted by atomic mass is 9.96. The summed E-state index contributed by atoms with van der Waals surface area (Å²) in [6.45, 7) is 9.61. The van der Waals surface area contributed by atoms with E-state index in [0.29, 0.717) is 0 Å². The number of aromatic hydroxyl groups is 2. The Labute approximate surface area is 115 Å². The van der Waals surface area contributed by atoms with Crippen LogP contribution in [-0.2, 0) is 0 Å². The Bertz CT molecular complexity index is 439. The first kappa shape index (κ1) is 14.2. The van der Waals surface area contributed by atoms with Crippen LogP contribution in [0.3, 0.4) is 0 Å². The highest BCUT2D eigenvalue weighted by Gasteiger charge is 2.33. The maximum atomic E-state index is 9.60. The molecule has 4 heteroatoms. The maximum absolute atomic E-state index is 9.60. The van der Waals surface area contributed by atoms with Crippen molar-refractivity contribution in [2.45, 2.75) is 32.4 Å². The lowest BCUT2D eigenvalue weighted by Crippen LogP contribution is -2.57. The van der Waals surface area contributed by atoms with Gasteiger partial charge in [0.05, 0.1) is 0 Å². The Morgan fingerprint density at radius 2 is 1.68 bits per heavy atom. The van der Waals surface area contributed by atoms with Crippen LogP contribution >= 0.6 is 0 Å². The van der Waals surface area contributed by atoms with Crippen molar-refractivity contribution >= 4 is 0 Å². The van der Waals surface area contributed by atoms with E-state index >= 15 is 0 Å². The highest BCUT2D eigenvalue weighted by Crippen LogP contribution is 2.31. The van der Waals surface area contributed by atoms with E-state index in [0.717, 1.165) is 25.2 Å². The summed E-state index contributed by atoms with van der Waals surface area (Å²) in [5, 5.41) is 19.2. The van der Waals surface area contributed by atoms with E-state index in [2.05, 4.69) is 37.6 Å². The first-order valence-electron chi connectivity index (χ1n) is 6.78. The van der Waals surface area contributed by atoms with Gasteiger partial charge in [-0.2, -0.15) is 0 Å². The monoisotopic (exact) mass is 264 g/mol. The van der Waals surface area contributed by atoms with Gasteiger partial charge in [0.25, 0.3) is 0 Å². The zero-order chi connectivity index (χ0) is 14.2. The number of hydrogen-bond acceptors (Lipinski definition) is 4. The number of phenolic OH excluding ortho intramolecular Hbond substituents is 2. The highest BCUT2D eigenvalue weighted by atomic mass is 16.3. The number of phenols is 2. The number of hydrogen-bond donors (Lipinski definition) is 2. The molecule has 0 radical (unpaired) electrons. The van der Waals surface area contributed by atoms with Gasteiger partial charge in [-0.05, 0) is 45.5 Å². The molecule has 1 unspecified atom stereocenters. The zero-order valence-corrected chi connectivity index (χ0v) is 12.2. The molecular formula is C15H24N2O2. The molecule has 1 fully saturated rings. The SMILES string of the molecule is CC(c1cc(O)cc(O)c1)N1CCN(C)C(C)(C)C1. The predicted molar refractivity (Wildman–Crippen MR) is 76.5 cm³/mol. The fourth-order valence-electron chi connectivity index (χ4n) is 2.68. The molecule has 0 bridgehead atoms. The minimum atomic E-state index is 0.121. The van der Waals surface area contributed by atoms with Gasteiger partial charge < -0.3 is 10.2 Å². The maximum Gasteiger partial charge on any atom is 0.119 e. The highest BCUT2D eigenvalue weighted by molar-refractivity contribution is 5.38. The number of likely N-dealkylation sites (N-methyl/N-ethyl adjacent to an activating group) is 1. The van der Waals surface area contributed by atoms with Crippen molar-refractivity contribution in [3.63, 3.8) is 0 Å². The third-order valence-electron chi connectivity index (χ3n) is 4.30. The van der Waals surface area contributed by atoms with Crippen LogP contribution in [0.5, 0.6) is 11.5 Å². The molecule has 0 aliphatic carbocycles. The topological polar surface area (TPSA) is 46.9 Å². The van der Waals surface area contributed by atoms with Crippen LogP contribution in [-0.4, -0.2) is 52.2 Å². The molecule has 0 amide bonds. The molecule has 1 aromatic rings. The average Bonchev–Trinajstić information content (AvgIpc) is 2.30. The summed E-state index contributed by atoms with van der Waals surface area (Å²) in [5.74, 6) is 0.241. The molecule has 1 atom stereocenters. The minimum absolute atomic E-state index is 0.121. The van der Waals surface area contributed by atoms with E-state index in [1.165, 1.54) is 6.07 Å². The third kappa shape index (κ3) is 3.01. The molecule has 2 N–H and O–H groups in total. The van der Waals surface area contributed by atoms with Gasteiger partial charge in [0, 0.05) is 37.3 Å². The van der Waals surface area contributed by atoms with E-state index in [1.807, 2.05) is 0 Å². The molecule has 1 aromatic carbocycles. The predicted octanol–water partition coefficient (Wildman–Crippen LogP) is 2.18. The summed E-state index contributed by atoms with van der Waals surface area (Å²) in [7, 11) is 2.15. The lowest BCUT2D eigenvalue weighted by Gasteiger charge is -2.47.